The average Bonchev–Trinajstić information content (AvgIpc) is 2.55. The molecule has 1 amide bonds. The maximum atomic E-state index is 12.7. The standard InChI is InChI=1S/C18H22N2O3.ClH/c1-18(19,14-7-5-4-6-8-14)17(22)20(2)12-13-9-10-16(23-3)15(21)11-13;/h4-11,21H,12,19H2,1-3H3;1H. The van der Waals surface area contributed by atoms with Crippen molar-refractivity contribution in [2.24, 2.45) is 5.73 Å². The van der Waals surface area contributed by atoms with Crippen LogP contribution < -0.4 is 10.5 Å². The van der Waals surface area contributed by atoms with E-state index in [-0.39, 0.29) is 24.1 Å². The SMILES string of the molecule is COc1ccc(CN(C)C(=O)C(C)(N)c2ccccc2)cc1O.Cl. The van der Waals surface area contributed by atoms with Crippen LogP contribution in [0.15, 0.2) is 48.5 Å². The van der Waals surface area contributed by atoms with Crippen LogP contribution in [-0.4, -0.2) is 30.1 Å². The lowest BCUT2D eigenvalue weighted by atomic mass is 9.91. The molecule has 130 valence electrons. The first-order chi connectivity index (χ1) is 10.9. The number of halogens is 1. The van der Waals surface area contributed by atoms with E-state index >= 15 is 0 Å². The van der Waals surface area contributed by atoms with Crippen molar-refractivity contribution in [3.8, 4) is 11.5 Å². The van der Waals surface area contributed by atoms with Gasteiger partial charge in [-0.25, -0.2) is 0 Å². The van der Waals surface area contributed by atoms with Crippen LogP contribution in [0, 0.1) is 0 Å². The Bertz CT molecular complexity index is 690. The summed E-state index contributed by atoms with van der Waals surface area (Å²) in [6, 6.07) is 14.3. The predicted octanol–water partition coefficient (Wildman–Crippen LogP) is 2.66. The number of ether oxygens (including phenoxy) is 1. The molecule has 0 saturated carbocycles. The summed E-state index contributed by atoms with van der Waals surface area (Å²) in [4.78, 5) is 14.2. The molecule has 0 bridgehead atoms. The molecule has 6 heteroatoms. The summed E-state index contributed by atoms with van der Waals surface area (Å²) in [5, 5.41) is 9.83. The second-order valence-electron chi connectivity index (χ2n) is 5.74. The van der Waals surface area contributed by atoms with Crippen molar-refractivity contribution >= 4 is 18.3 Å². The normalized spacial score (nSPS) is 12.7. The van der Waals surface area contributed by atoms with Crippen LogP contribution in [0.25, 0.3) is 0 Å². The predicted molar refractivity (Wildman–Crippen MR) is 96.4 cm³/mol. The first-order valence-corrected chi connectivity index (χ1v) is 7.32. The number of carbonyl (C=O) groups excluding carboxylic acids is 1. The van der Waals surface area contributed by atoms with E-state index in [1.54, 1.807) is 37.1 Å². The van der Waals surface area contributed by atoms with E-state index in [1.165, 1.54) is 7.11 Å². The van der Waals surface area contributed by atoms with Crippen molar-refractivity contribution in [2.45, 2.75) is 19.0 Å². The highest BCUT2D eigenvalue weighted by molar-refractivity contribution is 5.86. The Labute approximate surface area is 148 Å². The maximum absolute atomic E-state index is 12.7. The highest BCUT2D eigenvalue weighted by Crippen LogP contribution is 2.27. The zero-order valence-corrected chi connectivity index (χ0v) is 14.8. The molecule has 0 aliphatic heterocycles. The summed E-state index contributed by atoms with van der Waals surface area (Å²) in [5.41, 5.74) is 6.70. The molecular formula is C18H23ClN2O3. The molecule has 0 spiro atoms. The van der Waals surface area contributed by atoms with Crippen LogP contribution in [-0.2, 0) is 16.9 Å². The Hall–Kier alpha value is -2.24. The third kappa shape index (κ3) is 4.19. The number of nitrogens with two attached hydrogens (primary N) is 1. The molecule has 1 atom stereocenters. The zero-order valence-electron chi connectivity index (χ0n) is 14.0. The zero-order chi connectivity index (χ0) is 17.0. The molecule has 1 unspecified atom stereocenters. The van der Waals surface area contributed by atoms with Crippen LogP contribution >= 0.6 is 12.4 Å². The van der Waals surface area contributed by atoms with Crippen molar-refractivity contribution in [3.63, 3.8) is 0 Å². The first kappa shape index (κ1) is 19.8. The Morgan fingerprint density at radius 3 is 2.42 bits per heavy atom. The number of carbonyl (C=O) groups is 1. The number of methoxy groups -OCH3 is 1. The average molecular weight is 351 g/mol. The second-order valence-corrected chi connectivity index (χ2v) is 5.74. The topological polar surface area (TPSA) is 75.8 Å². The minimum atomic E-state index is -1.11. The molecule has 0 fully saturated rings. The minimum absolute atomic E-state index is 0. The molecule has 5 nitrogen and oxygen atoms in total. The molecule has 2 aromatic carbocycles. The van der Waals surface area contributed by atoms with Crippen molar-refractivity contribution in [1.82, 2.24) is 4.90 Å². The number of hydrogen-bond donors (Lipinski definition) is 2. The molecule has 0 heterocycles. The Kier molecular flexibility index (Phi) is 6.63. The van der Waals surface area contributed by atoms with Crippen LogP contribution in [0.2, 0.25) is 0 Å². The number of likely N-dealkylation sites (N-methyl/N-ethyl adjacent to an activating group) is 1. The van der Waals surface area contributed by atoms with Gasteiger partial charge >= 0.3 is 0 Å². The molecule has 0 aliphatic rings. The summed E-state index contributed by atoms with van der Waals surface area (Å²) in [6.07, 6.45) is 0. The van der Waals surface area contributed by atoms with Gasteiger partial charge in [-0.15, -0.1) is 12.4 Å². The third-order valence-corrected chi connectivity index (χ3v) is 3.83. The van der Waals surface area contributed by atoms with Gasteiger partial charge in [0.15, 0.2) is 11.5 Å². The molecule has 0 saturated heterocycles. The number of nitrogens with zero attached hydrogens (tertiary/aromatic N) is 1. The van der Waals surface area contributed by atoms with Gasteiger partial charge in [-0.1, -0.05) is 36.4 Å². The number of benzene rings is 2. The van der Waals surface area contributed by atoms with Crippen molar-refractivity contribution < 1.29 is 14.6 Å². The lowest BCUT2D eigenvalue weighted by Gasteiger charge is -2.29. The highest BCUT2D eigenvalue weighted by atomic mass is 35.5. The van der Waals surface area contributed by atoms with Crippen molar-refractivity contribution in [2.75, 3.05) is 14.2 Å². The van der Waals surface area contributed by atoms with E-state index in [0.29, 0.717) is 12.3 Å². The molecule has 3 N–H and O–H groups in total. The van der Waals surface area contributed by atoms with Gasteiger partial charge in [0.1, 0.15) is 5.54 Å². The third-order valence-electron chi connectivity index (χ3n) is 3.83. The highest BCUT2D eigenvalue weighted by Gasteiger charge is 2.32. The van der Waals surface area contributed by atoms with Crippen LogP contribution in [0.4, 0.5) is 0 Å². The number of phenolic OH excluding ortho intramolecular Hbond substituents is 1. The Balaban J connectivity index is 0.00000288. The fraction of sp³-hybridized carbons (Fsp3) is 0.278. The van der Waals surface area contributed by atoms with Gasteiger partial charge in [0.05, 0.1) is 7.11 Å². The molecular weight excluding hydrogens is 328 g/mol. The number of rotatable bonds is 5. The lowest BCUT2D eigenvalue weighted by Crippen LogP contribution is -2.49. The van der Waals surface area contributed by atoms with Gasteiger partial charge in [-0.05, 0) is 30.2 Å². The van der Waals surface area contributed by atoms with E-state index < -0.39 is 5.54 Å². The van der Waals surface area contributed by atoms with Gasteiger partial charge in [0.25, 0.3) is 0 Å². The molecule has 2 rings (SSSR count). The van der Waals surface area contributed by atoms with Crippen molar-refractivity contribution in [3.05, 3.63) is 59.7 Å². The van der Waals surface area contributed by atoms with E-state index in [1.807, 2.05) is 30.3 Å². The fourth-order valence-corrected chi connectivity index (χ4v) is 2.48. The number of phenols is 1. The number of aromatic hydroxyl groups is 1. The van der Waals surface area contributed by atoms with E-state index in [9.17, 15) is 9.90 Å². The van der Waals surface area contributed by atoms with Crippen LogP contribution in [0.5, 0.6) is 11.5 Å². The molecule has 24 heavy (non-hydrogen) atoms. The van der Waals surface area contributed by atoms with Gasteiger partial charge < -0.3 is 20.5 Å². The molecule has 0 radical (unpaired) electrons. The van der Waals surface area contributed by atoms with Crippen LogP contribution in [0.3, 0.4) is 0 Å². The number of amides is 1. The van der Waals surface area contributed by atoms with Gasteiger partial charge in [-0.2, -0.15) is 0 Å². The van der Waals surface area contributed by atoms with E-state index in [0.717, 1.165) is 11.1 Å². The maximum Gasteiger partial charge on any atom is 0.247 e. The minimum Gasteiger partial charge on any atom is -0.504 e. The van der Waals surface area contributed by atoms with Gasteiger partial charge in [0.2, 0.25) is 5.91 Å². The molecule has 0 aromatic heterocycles. The smallest absolute Gasteiger partial charge is 0.247 e. The monoisotopic (exact) mass is 350 g/mol. The van der Waals surface area contributed by atoms with Crippen molar-refractivity contribution in [1.29, 1.82) is 0 Å². The Morgan fingerprint density at radius 2 is 1.88 bits per heavy atom. The quantitative estimate of drug-likeness (QED) is 0.869. The van der Waals surface area contributed by atoms with Gasteiger partial charge in [-0.3, -0.25) is 4.79 Å². The first-order valence-electron chi connectivity index (χ1n) is 7.32. The summed E-state index contributed by atoms with van der Waals surface area (Å²) in [6.45, 7) is 2.04. The second kappa shape index (κ2) is 8.04. The molecule has 0 aliphatic carbocycles. The summed E-state index contributed by atoms with van der Waals surface area (Å²) in [7, 11) is 3.18. The number of hydrogen-bond acceptors (Lipinski definition) is 4. The fourth-order valence-electron chi connectivity index (χ4n) is 2.48. The Morgan fingerprint density at radius 1 is 1.25 bits per heavy atom. The summed E-state index contributed by atoms with van der Waals surface area (Å²) in [5.74, 6) is 0.249. The van der Waals surface area contributed by atoms with E-state index in [2.05, 4.69) is 0 Å². The summed E-state index contributed by atoms with van der Waals surface area (Å²) < 4.78 is 5.01. The van der Waals surface area contributed by atoms with Gasteiger partial charge in [0, 0.05) is 13.6 Å². The summed E-state index contributed by atoms with van der Waals surface area (Å²) >= 11 is 0. The largest absolute Gasteiger partial charge is 0.504 e. The van der Waals surface area contributed by atoms with E-state index in [4.69, 9.17) is 10.5 Å². The lowest BCUT2D eigenvalue weighted by molar-refractivity contribution is -0.136. The van der Waals surface area contributed by atoms with Crippen LogP contribution in [0.1, 0.15) is 18.1 Å². The molecule has 2 aromatic rings.